The number of thioether (sulfide) groups is 2. The second-order valence-corrected chi connectivity index (χ2v) is 9.82. The summed E-state index contributed by atoms with van der Waals surface area (Å²) in [6, 6.07) is 12.3. The molecule has 0 spiro atoms. The minimum absolute atomic E-state index is 0.0777. The molecule has 1 aromatic heterocycles. The largest absolute Gasteiger partial charge is 0.484 e. The number of aromatic nitrogens is 1. The standard InChI is InChI=1S/C21H25N3O2S2/c25-20(16-26-19-3-1-18(2-4-19)21-27-13-14-28-21)24-11-9-23(10-12-24)15-17-5-7-22-8-6-17/h1-8,21H,9-16H2/p+1. The summed E-state index contributed by atoms with van der Waals surface area (Å²) in [7, 11) is 0. The fourth-order valence-corrected chi connectivity index (χ4v) is 6.41. The maximum absolute atomic E-state index is 12.5. The summed E-state index contributed by atoms with van der Waals surface area (Å²) in [4.78, 5) is 20.0. The molecule has 2 aliphatic rings. The van der Waals surface area contributed by atoms with E-state index in [4.69, 9.17) is 4.74 Å². The highest BCUT2D eigenvalue weighted by Gasteiger charge is 2.24. The zero-order chi connectivity index (χ0) is 19.2. The van der Waals surface area contributed by atoms with E-state index in [-0.39, 0.29) is 12.5 Å². The number of benzene rings is 1. The lowest BCUT2D eigenvalue weighted by molar-refractivity contribution is -0.917. The average Bonchev–Trinajstić information content (AvgIpc) is 3.29. The quantitative estimate of drug-likeness (QED) is 0.779. The molecule has 148 valence electrons. The Bertz CT molecular complexity index is 759. The van der Waals surface area contributed by atoms with Crippen molar-refractivity contribution in [1.29, 1.82) is 0 Å². The lowest BCUT2D eigenvalue weighted by atomic mass is 10.2. The van der Waals surface area contributed by atoms with Crippen molar-refractivity contribution in [2.75, 3.05) is 44.3 Å². The maximum atomic E-state index is 12.5. The Labute approximate surface area is 174 Å². The average molecular weight is 417 g/mol. The van der Waals surface area contributed by atoms with E-state index in [2.05, 4.69) is 29.2 Å². The first-order valence-corrected chi connectivity index (χ1v) is 11.8. The highest BCUT2D eigenvalue weighted by atomic mass is 32.2. The van der Waals surface area contributed by atoms with Gasteiger partial charge in [0, 0.05) is 29.5 Å². The minimum Gasteiger partial charge on any atom is -0.484 e. The zero-order valence-electron chi connectivity index (χ0n) is 15.9. The van der Waals surface area contributed by atoms with Gasteiger partial charge in [0.15, 0.2) is 6.61 Å². The van der Waals surface area contributed by atoms with Gasteiger partial charge in [0.2, 0.25) is 0 Å². The molecule has 7 heteroatoms. The molecule has 4 rings (SSSR count). The summed E-state index contributed by atoms with van der Waals surface area (Å²) in [5.74, 6) is 3.29. The maximum Gasteiger partial charge on any atom is 0.260 e. The lowest BCUT2D eigenvalue weighted by Crippen LogP contribution is -3.13. The first-order chi connectivity index (χ1) is 13.8. The van der Waals surface area contributed by atoms with Crippen molar-refractivity contribution in [3.63, 3.8) is 0 Å². The molecular weight excluding hydrogens is 390 g/mol. The number of rotatable bonds is 6. The number of amides is 1. The van der Waals surface area contributed by atoms with E-state index in [1.54, 1.807) is 0 Å². The van der Waals surface area contributed by atoms with Gasteiger partial charge in [-0.15, -0.1) is 23.5 Å². The summed E-state index contributed by atoms with van der Waals surface area (Å²) < 4.78 is 6.29. The first-order valence-electron chi connectivity index (χ1n) is 9.74. The predicted octanol–water partition coefficient (Wildman–Crippen LogP) is 1.87. The van der Waals surface area contributed by atoms with Gasteiger partial charge in [-0.2, -0.15) is 0 Å². The van der Waals surface area contributed by atoms with Gasteiger partial charge in [0.05, 0.1) is 30.8 Å². The van der Waals surface area contributed by atoms with Crippen molar-refractivity contribution in [1.82, 2.24) is 9.88 Å². The molecule has 2 fully saturated rings. The van der Waals surface area contributed by atoms with Crippen molar-refractivity contribution in [2.45, 2.75) is 11.1 Å². The van der Waals surface area contributed by atoms with Gasteiger partial charge < -0.3 is 14.5 Å². The molecule has 0 saturated carbocycles. The van der Waals surface area contributed by atoms with Crippen LogP contribution < -0.4 is 9.64 Å². The van der Waals surface area contributed by atoms with Gasteiger partial charge in [-0.05, 0) is 29.8 Å². The van der Waals surface area contributed by atoms with Crippen LogP contribution in [0.4, 0.5) is 0 Å². The number of nitrogens with one attached hydrogen (secondary N) is 1. The van der Waals surface area contributed by atoms with E-state index in [9.17, 15) is 4.79 Å². The Hall–Kier alpha value is -1.70. The van der Waals surface area contributed by atoms with Crippen LogP contribution in [0.3, 0.4) is 0 Å². The van der Waals surface area contributed by atoms with Gasteiger partial charge in [0.1, 0.15) is 12.3 Å². The summed E-state index contributed by atoms with van der Waals surface area (Å²) in [5.41, 5.74) is 2.63. The van der Waals surface area contributed by atoms with Crippen molar-refractivity contribution in [3.8, 4) is 5.75 Å². The van der Waals surface area contributed by atoms with Crippen LogP contribution in [0.5, 0.6) is 5.75 Å². The monoisotopic (exact) mass is 416 g/mol. The molecular formula is C21H26N3O2S2+. The molecule has 0 unspecified atom stereocenters. The van der Waals surface area contributed by atoms with E-state index in [0.29, 0.717) is 4.58 Å². The molecule has 0 bridgehead atoms. The molecule has 0 radical (unpaired) electrons. The van der Waals surface area contributed by atoms with Crippen LogP contribution in [0.1, 0.15) is 15.7 Å². The molecule has 5 nitrogen and oxygen atoms in total. The van der Waals surface area contributed by atoms with E-state index in [1.807, 2.05) is 53.0 Å². The normalized spacial score (nSPS) is 18.4. The Morgan fingerprint density at radius 2 is 1.75 bits per heavy atom. The van der Waals surface area contributed by atoms with Gasteiger partial charge in [-0.1, -0.05) is 12.1 Å². The van der Waals surface area contributed by atoms with Crippen LogP contribution in [-0.4, -0.2) is 60.1 Å². The number of hydrogen-bond donors (Lipinski definition) is 1. The van der Waals surface area contributed by atoms with Crippen LogP contribution in [-0.2, 0) is 11.3 Å². The van der Waals surface area contributed by atoms with E-state index in [1.165, 1.54) is 27.5 Å². The summed E-state index contributed by atoms with van der Waals surface area (Å²) in [6.07, 6.45) is 3.67. The van der Waals surface area contributed by atoms with Gasteiger partial charge in [0.25, 0.3) is 5.91 Å². The van der Waals surface area contributed by atoms with Crippen LogP contribution in [0.2, 0.25) is 0 Å². The molecule has 0 atom stereocenters. The first kappa shape index (κ1) is 19.6. The topological polar surface area (TPSA) is 46.9 Å². The minimum atomic E-state index is 0.0777. The number of ether oxygens (including phenoxy) is 1. The molecule has 1 aromatic carbocycles. The molecule has 2 saturated heterocycles. The number of quaternary nitrogens is 1. The van der Waals surface area contributed by atoms with Crippen molar-refractivity contribution in [2.24, 2.45) is 0 Å². The molecule has 2 aromatic rings. The predicted molar refractivity (Wildman–Crippen MR) is 115 cm³/mol. The molecule has 28 heavy (non-hydrogen) atoms. The van der Waals surface area contributed by atoms with Crippen LogP contribution in [0.25, 0.3) is 0 Å². The van der Waals surface area contributed by atoms with Gasteiger partial charge in [-0.3, -0.25) is 9.78 Å². The second kappa shape index (κ2) is 9.67. The fourth-order valence-electron chi connectivity index (χ4n) is 3.55. The van der Waals surface area contributed by atoms with Gasteiger partial charge >= 0.3 is 0 Å². The highest BCUT2D eigenvalue weighted by molar-refractivity contribution is 8.19. The number of pyridine rings is 1. The van der Waals surface area contributed by atoms with Crippen LogP contribution >= 0.6 is 23.5 Å². The Kier molecular flexibility index (Phi) is 6.77. The fraction of sp³-hybridized carbons (Fsp3) is 0.429. The molecule has 1 amide bonds. The Morgan fingerprint density at radius 1 is 1.07 bits per heavy atom. The van der Waals surface area contributed by atoms with Gasteiger partial charge in [-0.25, -0.2) is 0 Å². The molecule has 0 aliphatic carbocycles. The third-order valence-electron chi connectivity index (χ3n) is 5.16. The number of carbonyl (C=O) groups is 1. The molecule has 3 heterocycles. The smallest absolute Gasteiger partial charge is 0.260 e. The SMILES string of the molecule is O=C(COc1ccc(C2SCCS2)cc1)N1CC[NH+](Cc2ccncc2)CC1. The number of nitrogens with zero attached hydrogens (tertiary/aromatic N) is 2. The highest BCUT2D eigenvalue weighted by Crippen LogP contribution is 2.45. The number of carbonyl (C=O) groups excluding carboxylic acids is 1. The van der Waals surface area contributed by atoms with Crippen LogP contribution in [0, 0.1) is 0 Å². The van der Waals surface area contributed by atoms with E-state index in [0.717, 1.165) is 38.5 Å². The second-order valence-electron chi connectivity index (χ2n) is 7.09. The molecule has 2 aliphatic heterocycles. The summed E-state index contributed by atoms with van der Waals surface area (Å²) >= 11 is 3.99. The van der Waals surface area contributed by atoms with E-state index >= 15 is 0 Å². The summed E-state index contributed by atoms with van der Waals surface area (Å²) in [5, 5.41) is 0. The summed E-state index contributed by atoms with van der Waals surface area (Å²) in [6.45, 7) is 4.63. The van der Waals surface area contributed by atoms with Crippen LogP contribution in [0.15, 0.2) is 48.8 Å². The van der Waals surface area contributed by atoms with Crippen molar-refractivity contribution < 1.29 is 14.4 Å². The number of piperazine rings is 1. The molecule has 1 N–H and O–H groups in total. The third-order valence-corrected chi connectivity index (χ3v) is 8.27. The third kappa shape index (κ3) is 5.21. The Balaban J connectivity index is 1.20. The number of hydrogen-bond acceptors (Lipinski definition) is 5. The Morgan fingerprint density at radius 3 is 2.43 bits per heavy atom. The van der Waals surface area contributed by atoms with Crippen molar-refractivity contribution >= 4 is 29.4 Å². The lowest BCUT2D eigenvalue weighted by Gasteiger charge is -2.32. The zero-order valence-corrected chi connectivity index (χ0v) is 17.5. The van der Waals surface area contributed by atoms with E-state index < -0.39 is 0 Å². The van der Waals surface area contributed by atoms with Crippen molar-refractivity contribution in [3.05, 3.63) is 59.9 Å².